The van der Waals surface area contributed by atoms with Crippen LogP contribution in [0.4, 0.5) is 0 Å². The number of aliphatic imine (C=N–C) groups is 1. The van der Waals surface area contributed by atoms with E-state index < -0.39 is 5.97 Å². The van der Waals surface area contributed by atoms with Gasteiger partial charge < -0.3 is 9.84 Å². The highest BCUT2D eigenvalue weighted by Crippen LogP contribution is 2.37. The topological polar surface area (TPSA) is 58.9 Å². The summed E-state index contributed by atoms with van der Waals surface area (Å²) in [6, 6.07) is 0.00694. The van der Waals surface area contributed by atoms with Gasteiger partial charge in [0.05, 0.1) is 11.6 Å². The van der Waals surface area contributed by atoms with Crippen LogP contribution in [0.1, 0.15) is 19.8 Å². The maximum Gasteiger partial charge on any atom is 0.336 e. The third kappa shape index (κ3) is 1.95. The van der Waals surface area contributed by atoms with Crippen LogP contribution in [0.2, 0.25) is 0 Å². The molecule has 0 amide bonds. The third-order valence-corrected chi connectivity index (χ3v) is 3.31. The van der Waals surface area contributed by atoms with Crippen molar-refractivity contribution in [1.82, 2.24) is 0 Å². The molecule has 1 fully saturated rings. The SMILES string of the molecule is CC1(C2C=C(C(=O)O)C=N2)CCOCC1. The number of ether oxygens (including phenoxy) is 1. The van der Waals surface area contributed by atoms with Crippen LogP contribution in [0, 0.1) is 5.41 Å². The standard InChI is InChI=1S/C11H15NO3/c1-11(2-4-15-5-3-11)9-6-8(7-12-9)10(13)14/h6-7,9H,2-5H2,1H3,(H,13,14). The zero-order valence-corrected chi connectivity index (χ0v) is 8.77. The monoisotopic (exact) mass is 209 g/mol. The van der Waals surface area contributed by atoms with Gasteiger partial charge >= 0.3 is 5.97 Å². The van der Waals surface area contributed by atoms with Crippen LogP contribution in [-0.2, 0) is 9.53 Å². The van der Waals surface area contributed by atoms with Gasteiger partial charge in [-0.2, -0.15) is 0 Å². The first kappa shape index (κ1) is 10.4. The van der Waals surface area contributed by atoms with Crippen molar-refractivity contribution >= 4 is 12.2 Å². The fourth-order valence-corrected chi connectivity index (χ4v) is 2.06. The van der Waals surface area contributed by atoms with Crippen molar-refractivity contribution in [3.05, 3.63) is 11.6 Å². The molecule has 1 saturated heterocycles. The molecule has 0 spiro atoms. The molecule has 4 nitrogen and oxygen atoms in total. The van der Waals surface area contributed by atoms with E-state index in [-0.39, 0.29) is 11.5 Å². The molecule has 0 bridgehead atoms. The fourth-order valence-electron chi connectivity index (χ4n) is 2.06. The summed E-state index contributed by atoms with van der Waals surface area (Å²) in [5.74, 6) is -0.892. The second-order valence-electron chi connectivity index (χ2n) is 4.42. The Labute approximate surface area is 88.7 Å². The van der Waals surface area contributed by atoms with Gasteiger partial charge in [-0.3, -0.25) is 4.99 Å². The molecular weight excluding hydrogens is 194 g/mol. The molecule has 0 radical (unpaired) electrons. The van der Waals surface area contributed by atoms with Crippen molar-refractivity contribution in [3.63, 3.8) is 0 Å². The Hall–Kier alpha value is -1.16. The minimum atomic E-state index is -0.892. The van der Waals surface area contributed by atoms with Crippen LogP contribution < -0.4 is 0 Å². The van der Waals surface area contributed by atoms with Crippen LogP contribution in [-0.4, -0.2) is 36.5 Å². The second kappa shape index (κ2) is 3.77. The average Bonchev–Trinajstić information content (AvgIpc) is 2.68. The summed E-state index contributed by atoms with van der Waals surface area (Å²) in [5.41, 5.74) is 0.374. The predicted octanol–water partition coefficient (Wildman–Crippen LogP) is 1.27. The molecule has 0 aliphatic carbocycles. The lowest BCUT2D eigenvalue weighted by atomic mass is 9.76. The van der Waals surface area contributed by atoms with Crippen LogP contribution in [0.15, 0.2) is 16.6 Å². The van der Waals surface area contributed by atoms with Gasteiger partial charge in [0.2, 0.25) is 0 Å². The molecule has 2 heterocycles. The Bertz CT molecular complexity index is 327. The number of carboxylic acids is 1. The molecule has 82 valence electrons. The molecule has 15 heavy (non-hydrogen) atoms. The van der Waals surface area contributed by atoms with Gasteiger partial charge in [-0.25, -0.2) is 4.79 Å². The molecule has 0 aromatic carbocycles. The van der Waals surface area contributed by atoms with E-state index in [9.17, 15) is 4.79 Å². The highest BCUT2D eigenvalue weighted by atomic mass is 16.5. The number of hydrogen-bond acceptors (Lipinski definition) is 3. The molecule has 2 rings (SSSR count). The van der Waals surface area contributed by atoms with Crippen LogP contribution in [0.3, 0.4) is 0 Å². The fraction of sp³-hybridized carbons (Fsp3) is 0.636. The van der Waals surface area contributed by atoms with E-state index in [0.717, 1.165) is 26.1 Å². The first-order valence-electron chi connectivity index (χ1n) is 5.18. The van der Waals surface area contributed by atoms with Gasteiger partial charge in [0.25, 0.3) is 0 Å². The summed E-state index contributed by atoms with van der Waals surface area (Å²) in [4.78, 5) is 15.0. The lowest BCUT2D eigenvalue weighted by Gasteiger charge is -2.36. The van der Waals surface area contributed by atoms with E-state index in [4.69, 9.17) is 9.84 Å². The molecule has 2 aliphatic heterocycles. The van der Waals surface area contributed by atoms with Crippen LogP contribution in [0.5, 0.6) is 0 Å². The average molecular weight is 209 g/mol. The third-order valence-electron chi connectivity index (χ3n) is 3.31. The summed E-state index contributed by atoms with van der Waals surface area (Å²) in [5, 5.41) is 8.83. The van der Waals surface area contributed by atoms with Gasteiger partial charge in [-0.05, 0) is 24.3 Å². The lowest BCUT2D eigenvalue weighted by Crippen LogP contribution is -2.35. The van der Waals surface area contributed by atoms with Gasteiger partial charge in [0.15, 0.2) is 0 Å². The zero-order valence-electron chi connectivity index (χ0n) is 8.77. The zero-order chi connectivity index (χ0) is 10.9. The molecule has 1 unspecified atom stereocenters. The molecule has 4 heteroatoms. The first-order valence-corrected chi connectivity index (χ1v) is 5.18. The largest absolute Gasteiger partial charge is 0.478 e. The molecule has 2 aliphatic rings. The van der Waals surface area contributed by atoms with E-state index in [1.807, 2.05) is 0 Å². The maximum atomic E-state index is 10.8. The number of rotatable bonds is 2. The Morgan fingerprint density at radius 1 is 1.60 bits per heavy atom. The van der Waals surface area contributed by atoms with Crippen molar-refractivity contribution in [1.29, 1.82) is 0 Å². The van der Waals surface area contributed by atoms with Gasteiger partial charge in [-0.15, -0.1) is 0 Å². The molecule has 0 saturated carbocycles. The molecule has 1 atom stereocenters. The summed E-state index contributed by atoms with van der Waals surface area (Å²) in [7, 11) is 0. The summed E-state index contributed by atoms with van der Waals surface area (Å²) in [6.07, 6.45) is 5.11. The van der Waals surface area contributed by atoms with E-state index >= 15 is 0 Å². The van der Waals surface area contributed by atoms with Crippen LogP contribution in [0.25, 0.3) is 0 Å². The highest BCUT2D eigenvalue weighted by Gasteiger charge is 2.36. The van der Waals surface area contributed by atoms with Gasteiger partial charge in [0, 0.05) is 19.4 Å². The van der Waals surface area contributed by atoms with Gasteiger partial charge in [-0.1, -0.05) is 6.92 Å². The number of carbonyl (C=O) groups is 1. The Balaban J connectivity index is 2.12. The van der Waals surface area contributed by atoms with Crippen molar-refractivity contribution in [2.75, 3.05) is 13.2 Å². The summed E-state index contributed by atoms with van der Waals surface area (Å²) >= 11 is 0. The van der Waals surface area contributed by atoms with E-state index in [1.54, 1.807) is 6.08 Å². The Morgan fingerprint density at radius 3 is 2.80 bits per heavy atom. The molecular formula is C11H15NO3. The number of nitrogens with zero attached hydrogens (tertiary/aromatic N) is 1. The van der Waals surface area contributed by atoms with Crippen molar-refractivity contribution in [2.45, 2.75) is 25.8 Å². The predicted molar refractivity (Wildman–Crippen MR) is 56.2 cm³/mol. The maximum absolute atomic E-state index is 10.8. The molecule has 1 N–H and O–H groups in total. The molecule has 0 aromatic rings. The van der Waals surface area contributed by atoms with E-state index in [1.165, 1.54) is 6.21 Å². The lowest BCUT2D eigenvalue weighted by molar-refractivity contribution is -0.132. The Kier molecular flexibility index (Phi) is 2.61. The van der Waals surface area contributed by atoms with Crippen LogP contribution >= 0.6 is 0 Å². The number of carboxylic acid groups (broad SMARTS) is 1. The van der Waals surface area contributed by atoms with Gasteiger partial charge in [0.1, 0.15) is 0 Å². The first-order chi connectivity index (χ1) is 7.12. The van der Waals surface area contributed by atoms with Crippen molar-refractivity contribution in [3.8, 4) is 0 Å². The summed E-state index contributed by atoms with van der Waals surface area (Å²) < 4.78 is 5.31. The number of hydrogen-bond donors (Lipinski definition) is 1. The minimum Gasteiger partial charge on any atom is -0.478 e. The summed E-state index contributed by atoms with van der Waals surface area (Å²) in [6.45, 7) is 3.65. The van der Waals surface area contributed by atoms with Crippen molar-refractivity contribution in [2.24, 2.45) is 10.4 Å². The smallest absolute Gasteiger partial charge is 0.336 e. The normalized spacial score (nSPS) is 28.9. The van der Waals surface area contributed by atoms with E-state index in [0.29, 0.717) is 5.57 Å². The van der Waals surface area contributed by atoms with E-state index in [2.05, 4.69) is 11.9 Å². The quantitative estimate of drug-likeness (QED) is 0.745. The highest BCUT2D eigenvalue weighted by molar-refractivity contribution is 6.09. The second-order valence-corrected chi connectivity index (χ2v) is 4.42. The minimum absolute atomic E-state index is 0.00694. The van der Waals surface area contributed by atoms with Crippen molar-refractivity contribution < 1.29 is 14.6 Å². The molecule has 0 aromatic heterocycles. The Morgan fingerprint density at radius 2 is 2.27 bits per heavy atom. The number of aliphatic carboxylic acids is 1.